The zero-order valence-corrected chi connectivity index (χ0v) is 19.5. The molecule has 168 valence electrons. The van der Waals surface area contributed by atoms with Crippen LogP contribution in [0.1, 0.15) is 49.5 Å². The molecule has 1 aliphatic carbocycles. The van der Waals surface area contributed by atoms with E-state index in [4.69, 9.17) is 4.74 Å². The fourth-order valence-electron chi connectivity index (χ4n) is 3.94. The fourth-order valence-corrected chi connectivity index (χ4v) is 4.51. The molecule has 1 aromatic heterocycles. The van der Waals surface area contributed by atoms with Crippen LogP contribution in [0.5, 0.6) is 5.75 Å². The first kappa shape index (κ1) is 23.2. The van der Waals surface area contributed by atoms with Gasteiger partial charge >= 0.3 is 0 Å². The maximum absolute atomic E-state index is 5.73. The van der Waals surface area contributed by atoms with Crippen molar-refractivity contribution in [3.05, 3.63) is 48.3 Å². The number of nitrogens with one attached hydrogen (secondary N) is 2. The van der Waals surface area contributed by atoms with Crippen LogP contribution in [0.3, 0.4) is 0 Å². The number of nitrogens with zero attached hydrogens (tertiary/aromatic N) is 4. The minimum atomic E-state index is 0.494. The highest BCUT2D eigenvalue weighted by atomic mass is 32.2. The molecule has 0 spiro atoms. The highest BCUT2D eigenvalue weighted by Crippen LogP contribution is 2.33. The number of ether oxygens (including phenoxy) is 1. The van der Waals surface area contributed by atoms with Gasteiger partial charge in [0.15, 0.2) is 11.1 Å². The lowest BCUT2D eigenvalue weighted by Gasteiger charge is -2.17. The van der Waals surface area contributed by atoms with Crippen LogP contribution >= 0.6 is 11.8 Å². The fraction of sp³-hybridized carbons (Fsp3) is 0.522. The van der Waals surface area contributed by atoms with Gasteiger partial charge in [-0.3, -0.25) is 4.99 Å². The predicted molar refractivity (Wildman–Crippen MR) is 128 cm³/mol. The molecular formula is C23H34N6OS. The third-order valence-electron chi connectivity index (χ3n) is 5.48. The Morgan fingerprint density at radius 1 is 1.29 bits per heavy atom. The standard InChI is InChI=1S/C23H34N6OS/c1-4-16-30-20-13-8-5-10-18(20)17-26-22(24-2)25-15-9-14-21-27-28-23(31-3)29(21)19-11-6-7-12-19/h4-5,8,10,13,19H,1,6-7,9,11-12,14-17H2,2-3H3,(H2,24,25,26). The van der Waals surface area contributed by atoms with Crippen LogP contribution in [0.4, 0.5) is 0 Å². The second-order valence-corrected chi connectivity index (χ2v) is 8.35. The van der Waals surface area contributed by atoms with Crippen LogP contribution in [0.15, 0.2) is 47.1 Å². The van der Waals surface area contributed by atoms with Crippen molar-refractivity contribution in [1.29, 1.82) is 0 Å². The third-order valence-corrected chi connectivity index (χ3v) is 6.12. The number of aromatic nitrogens is 3. The topological polar surface area (TPSA) is 76.4 Å². The maximum Gasteiger partial charge on any atom is 0.191 e. The Labute approximate surface area is 189 Å². The van der Waals surface area contributed by atoms with Gasteiger partial charge < -0.3 is 19.9 Å². The lowest BCUT2D eigenvalue weighted by Crippen LogP contribution is -2.37. The summed E-state index contributed by atoms with van der Waals surface area (Å²) in [7, 11) is 1.79. The predicted octanol–water partition coefficient (Wildman–Crippen LogP) is 3.98. The molecule has 0 unspecified atom stereocenters. The molecule has 0 saturated heterocycles. The van der Waals surface area contributed by atoms with Crippen LogP contribution in [0.25, 0.3) is 0 Å². The van der Waals surface area contributed by atoms with Crippen LogP contribution in [0, 0.1) is 0 Å². The number of benzene rings is 1. The van der Waals surface area contributed by atoms with E-state index in [1.165, 1.54) is 25.7 Å². The first-order chi connectivity index (χ1) is 15.3. The van der Waals surface area contributed by atoms with Crippen molar-refractivity contribution in [2.24, 2.45) is 4.99 Å². The smallest absolute Gasteiger partial charge is 0.191 e. The largest absolute Gasteiger partial charge is 0.489 e. The van der Waals surface area contributed by atoms with E-state index in [2.05, 4.69) is 49.3 Å². The van der Waals surface area contributed by atoms with Gasteiger partial charge in [0.05, 0.1) is 0 Å². The molecule has 1 aliphatic rings. The number of para-hydroxylation sites is 1. The summed E-state index contributed by atoms with van der Waals surface area (Å²) in [4.78, 5) is 4.34. The van der Waals surface area contributed by atoms with Gasteiger partial charge in [0, 0.05) is 38.2 Å². The van der Waals surface area contributed by atoms with E-state index in [0.29, 0.717) is 19.2 Å². The van der Waals surface area contributed by atoms with Crippen LogP contribution < -0.4 is 15.4 Å². The summed E-state index contributed by atoms with van der Waals surface area (Å²) >= 11 is 1.69. The Morgan fingerprint density at radius 3 is 2.84 bits per heavy atom. The summed E-state index contributed by atoms with van der Waals surface area (Å²) in [5, 5.41) is 16.7. The number of thioether (sulfide) groups is 1. The summed E-state index contributed by atoms with van der Waals surface area (Å²) in [6.45, 7) is 5.66. The van der Waals surface area contributed by atoms with Gasteiger partial charge in [-0.1, -0.05) is 55.5 Å². The summed E-state index contributed by atoms with van der Waals surface area (Å²) in [5.74, 6) is 2.75. The Kier molecular flexibility index (Phi) is 9.27. The molecule has 1 fully saturated rings. The van der Waals surface area contributed by atoms with Gasteiger partial charge in [0.2, 0.25) is 0 Å². The Balaban J connectivity index is 1.47. The number of rotatable bonds is 11. The number of hydrogen-bond donors (Lipinski definition) is 2. The normalized spacial score (nSPS) is 14.6. The molecule has 0 radical (unpaired) electrons. The van der Waals surface area contributed by atoms with E-state index in [1.807, 2.05) is 18.2 Å². The highest BCUT2D eigenvalue weighted by molar-refractivity contribution is 7.98. The maximum atomic E-state index is 5.73. The summed E-state index contributed by atoms with van der Waals surface area (Å²) in [6.07, 6.45) is 10.8. The quantitative estimate of drug-likeness (QED) is 0.180. The molecule has 2 aromatic rings. The van der Waals surface area contributed by atoms with Crippen molar-refractivity contribution in [3.63, 3.8) is 0 Å². The van der Waals surface area contributed by atoms with Crippen LogP contribution in [-0.2, 0) is 13.0 Å². The zero-order valence-electron chi connectivity index (χ0n) is 18.6. The molecule has 0 bridgehead atoms. The van der Waals surface area contributed by atoms with Crippen molar-refractivity contribution in [2.45, 2.75) is 56.3 Å². The third kappa shape index (κ3) is 6.50. The second kappa shape index (κ2) is 12.4. The average molecular weight is 443 g/mol. The van der Waals surface area contributed by atoms with E-state index in [1.54, 1.807) is 24.9 Å². The Bertz CT molecular complexity index is 860. The Morgan fingerprint density at radius 2 is 2.10 bits per heavy atom. The summed E-state index contributed by atoms with van der Waals surface area (Å²) in [5.41, 5.74) is 1.08. The molecule has 2 N–H and O–H groups in total. The van der Waals surface area contributed by atoms with Gasteiger partial charge in [-0.15, -0.1) is 10.2 Å². The van der Waals surface area contributed by atoms with Crippen LogP contribution in [0.2, 0.25) is 0 Å². The molecule has 0 aliphatic heterocycles. The van der Waals surface area contributed by atoms with Crippen molar-refractivity contribution >= 4 is 17.7 Å². The van der Waals surface area contributed by atoms with Gasteiger partial charge in [0.1, 0.15) is 18.2 Å². The first-order valence-electron chi connectivity index (χ1n) is 11.0. The van der Waals surface area contributed by atoms with Crippen molar-refractivity contribution in [1.82, 2.24) is 25.4 Å². The monoisotopic (exact) mass is 442 g/mol. The van der Waals surface area contributed by atoms with E-state index in [-0.39, 0.29) is 0 Å². The van der Waals surface area contributed by atoms with Gasteiger partial charge in [-0.25, -0.2) is 0 Å². The molecule has 8 heteroatoms. The number of hydrogen-bond acceptors (Lipinski definition) is 5. The number of aliphatic imine (C=N–C) groups is 1. The number of guanidine groups is 1. The van der Waals surface area contributed by atoms with Crippen molar-refractivity contribution in [3.8, 4) is 5.75 Å². The molecule has 1 aromatic carbocycles. The van der Waals surface area contributed by atoms with Crippen LogP contribution in [-0.4, -0.2) is 47.2 Å². The van der Waals surface area contributed by atoms with E-state index >= 15 is 0 Å². The molecule has 1 heterocycles. The van der Waals surface area contributed by atoms with Crippen molar-refractivity contribution in [2.75, 3.05) is 26.5 Å². The minimum Gasteiger partial charge on any atom is -0.489 e. The van der Waals surface area contributed by atoms with Gasteiger partial charge in [-0.05, 0) is 31.6 Å². The van der Waals surface area contributed by atoms with Gasteiger partial charge in [0.25, 0.3) is 0 Å². The SMILES string of the molecule is C=CCOc1ccccc1CNC(=NC)NCCCc1nnc(SC)n1C1CCCC1. The molecular weight excluding hydrogens is 408 g/mol. The molecule has 1 saturated carbocycles. The zero-order chi connectivity index (χ0) is 21.9. The molecule has 7 nitrogen and oxygen atoms in total. The summed E-state index contributed by atoms with van der Waals surface area (Å²) < 4.78 is 8.11. The summed E-state index contributed by atoms with van der Waals surface area (Å²) in [6, 6.07) is 8.58. The van der Waals surface area contributed by atoms with Crippen molar-refractivity contribution < 1.29 is 4.74 Å². The van der Waals surface area contributed by atoms with Gasteiger partial charge in [-0.2, -0.15) is 0 Å². The molecule has 3 rings (SSSR count). The highest BCUT2D eigenvalue weighted by Gasteiger charge is 2.23. The Hall–Kier alpha value is -2.48. The lowest BCUT2D eigenvalue weighted by atomic mass is 10.2. The molecule has 0 atom stereocenters. The first-order valence-corrected chi connectivity index (χ1v) is 12.2. The van der Waals surface area contributed by atoms with E-state index in [0.717, 1.165) is 47.6 Å². The second-order valence-electron chi connectivity index (χ2n) is 7.57. The lowest BCUT2D eigenvalue weighted by molar-refractivity contribution is 0.358. The number of aryl methyl sites for hydroxylation is 1. The molecule has 31 heavy (non-hydrogen) atoms. The minimum absolute atomic E-state index is 0.494. The molecule has 0 amide bonds. The van der Waals surface area contributed by atoms with E-state index < -0.39 is 0 Å². The van der Waals surface area contributed by atoms with E-state index in [9.17, 15) is 0 Å². The average Bonchev–Trinajstić information content (AvgIpc) is 3.47.